The summed E-state index contributed by atoms with van der Waals surface area (Å²) >= 11 is 0. The van der Waals surface area contributed by atoms with Crippen molar-refractivity contribution in [2.24, 2.45) is 0 Å². The lowest BCUT2D eigenvalue weighted by Crippen LogP contribution is -2.24. The third-order valence-electron chi connectivity index (χ3n) is 3.03. The molecule has 0 heterocycles. The van der Waals surface area contributed by atoms with Crippen molar-refractivity contribution in [1.29, 1.82) is 0 Å². The van der Waals surface area contributed by atoms with Crippen LogP contribution in [0.4, 0.5) is 0 Å². The van der Waals surface area contributed by atoms with Crippen LogP contribution in [-0.4, -0.2) is 22.7 Å². The molecule has 0 aliphatic heterocycles. The average molecular weight is 247 g/mol. The molecule has 0 fully saturated rings. The number of phenols is 2. The van der Waals surface area contributed by atoms with Gasteiger partial charge in [-0.15, -0.1) is 0 Å². The monoisotopic (exact) mass is 247 g/mol. The number of carbonyl (C=O) groups excluding carboxylic acids is 1. The molecule has 0 aromatic heterocycles. The van der Waals surface area contributed by atoms with E-state index in [9.17, 15) is 15.0 Å². The summed E-state index contributed by atoms with van der Waals surface area (Å²) in [6.07, 6.45) is 6.58. The molecule has 0 radical (unpaired) electrons. The van der Waals surface area contributed by atoms with Gasteiger partial charge in [0.1, 0.15) is 11.5 Å². The topological polar surface area (TPSA) is 69.6 Å². The SMILES string of the molecule is O=C(NCCC1=CCCC1)c1cc(O)cc(O)c1. The first-order chi connectivity index (χ1) is 8.65. The third kappa shape index (κ3) is 3.26. The summed E-state index contributed by atoms with van der Waals surface area (Å²) in [6, 6.07) is 3.87. The molecular weight excluding hydrogens is 230 g/mol. The van der Waals surface area contributed by atoms with Crippen molar-refractivity contribution >= 4 is 5.91 Å². The largest absolute Gasteiger partial charge is 0.508 e. The van der Waals surface area contributed by atoms with E-state index in [-0.39, 0.29) is 23.0 Å². The molecular formula is C14H17NO3. The number of benzene rings is 1. The Bertz CT molecular complexity index is 460. The van der Waals surface area contributed by atoms with Crippen LogP contribution in [0.1, 0.15) is 36.0 Å². The molecule has 0 saturated carbocycles. The van der Waals surface area contributed by atoms with Crippen LogP contribution < -0.4 is 5.32 Å². The number of aromatic hydroxyl groups is 2. The quantitative estimate of drug-likeness (QED) is 0.715. The molecule has 18 heavy (non-hydrogen) atoms. The van der Waals surface area contributed by atoms with E-state index in [1.165, 1.54) is 30.2 Å². The summed E-state index contributed by atoms with van der Waals surface area (Å²) in [6.45, 7) is 0.584. The molecule has 3 N–H and O–H groups in total. The highest BCUT2D eigenvalue weighted by Gasteiger charge is 2.09. The standard InChI is InChI=1S/C14H17NO3/c16-12-7-11(8-13(17)9-12)14(18)15-6-5-10-3-1-2-4-10/h3,7-9,16-17H,1-2,4-6H2,(H,15,18). The molecule has 0 unspecified atom stereocenters. The van der Waals surface area contributed by atoms with Gasteiger partial charge in [-0.05, 0) is 37.8 Å². The number of allylic oxidation sites excluding steroid dienone is 1. The highest BCUT2D eigenvalue weighted by molar-refractivity contribution is 5.95. The zero-order valence-electron chi connectivity index (χ0n) is 10.1. The minimum atomic E-state index is -0.278. The van der Waals surface area contributed by atoms with Gasteiger partial charge in [0, 0.05) is 18.2 Å². The van der Waals surface area contributed by atoms with E-state index >= 15 is 0 Å². The molecule has 4 heteroatoms. The Balaban J connectivity index is 1.87. The molecule has 0 atom stereocenters. The first-order valence-electron chi connectivity index (χ1n) is 6.14. The van der Waals surface area contributed by atoms with Crippen molar-refractivity contribution in [1.82, 2.24) is 5.32 Å². The van der Waals surface area contributed by atoms with E-state index in [1.807, 2.05) is 0 Å². The minimum absolute atomic E-state index is 0.112. The van der Waals surface area contributed by atoms with Crippen LogP contribution in [0.25, 0.3) is 0 Å². The van der Waals surface area contributed by atoms with Crippen LogP contribution in [0.5, 0.6) is 11.5 Å². The van der Waals surface area contributed by atoms with Gasteiger partial charge in [0.15, 0.2) is 0 Å². The minimum Gasteiger partial charge on any atom is -0.508 e. The number of hydrogen-bond acceptors (Lipinski definition) is 3. The van der Waals surface area contributed by atoms with Gasteiger partial charge in [0.2, 0.25) is 0 Å². The number of phenolic OH excluding ortho intramolecular Hbond substituents is 2. The maximum absolute atomic E-state index is 11.8. The Labute approximate surface area is 106 Å². The summed E-state index contributed by atoms with van der Waals surface area (Å²) in [5.74, 6) is -0.503. The van der Waals surface area contributed by atoms with Crippen LogP contribution in [0.2, 0.25) is 0 Å². The lowest BCUT2D eigenvalue weighted by molar-refractivity contribution is 0.0953. The summed E-state index contributed by atoms with van der Waals surface area (Å²) < 4.78 is 0. The van der Waals surface area contributed by atoms with E-state index in [0.717, 1.165) is 19.3 Å². The summed E-state index contributed by atoms with van der Waals surface area (Å²) in [4.78, 5) is 11.8. The maximum atomic E-state index is 11.8. The fourth-order valence-electron chi connectivity index (χ4n) is 2.13. The number of hydrogen-bond donors (Lipinski definition) is 3. The smallest absolute Gasteiger partial charge is 0.251 e. The summed E-state index contributed by atoms with van der Waals surface area (Å²) in [5, 5.41) is 21.4. The van der Waals surface area contributed by atoms with Crippen LogP contribution >= 0.6 is 0 Å². The van der Waals surface area contributed by atoms with Gasteiger partial charge in [-0.3, -0.25) is 4.79 Å². The molecule has 0 bridgehead atoms. The zero-order valence-corrected chi connectivity index (χ0v) is 10.1. The molecule has 0 saturated heterocycles. The molecule has 96 valence electrons. The Morgan fingerprint density at radius 2 is 1.94 bits per heavy atom. The van der Waals surface area contributed by atoms with Gasteiger partial charge in [-0.25, -0.2) is 0 Å². The number of nitrogens with one attached hydrogen (secondary N) is 1. The van der Waals surface area contributed by atoms with Crippen molar-refractivity contribution in [3.63, 3.8) is 0 Å². The molecule has 1 aromatic carbocycles. The Hall–Kier alpha value is -1.97. The Kier molecular flexibility index (Phi) is 3.87. The van der Waals surface area contributed by atoms with Crippen LogP contribution in [0, 0.1) is 0 Å². The van der Waals surface area contributed by atoms with Crippen molar-refractivity contribution in [3.8, 4) is 11.5 Å². The van der Waals surface area contributed by atoms with Gasteiger partial charge in [0.25, 0.3) is 5.91 Å². The van der Waals surface area contributed by atoms with Crippen LogP contribution in [0.15, 0.2) is 29.8 Å². The normalized spacial score (nSPS) is 14.3. The van der Waals surface area contributed by atoms with Gasteiger partial charge in [-0.2, -0.15) is 0 Å². The molecule has 1 aliphatic carbocycles. The van der Waals surface area contributed by atoms with E-state index in [2.05, 4.69) is 11.4 Å². The van der Waals surface area contributed by atoms with Gasteiger partial charge in [0.05, 0.1) is 0 Å². The van der Waals surface area contributed by atoms with Crippen LogP contribution in [0.3, 0.4) is 0 Å². The van der Waals surface area contributed by atoms with Crippen molar-refractivity contribution < 1.29 is 15.0 Å². The van der Waals surface area contributed by atoms with E-state index in [1.54, 1.807) is 0 Å². The van der Waals surface area contributed by atoms with E-state index in [4.69, 9.17) is 0 Å². The second kappa shape index (κ2) is 5.58. The highest BCUT2D eigenvalue weighted by Crippen LogP contribution is 2.21. The molecule has 1 aliphatic rings. The number of amides is 1. The van der Waals surface area contributed by atoms with Crippen molar-refractivity contribution in [2.45, 2.75) is 25.7 Å². The predicted octanol–water partition coefficient (Wildman–Crippen LogP) is 2.33. The lowest BCUT2D eigenvalue weighted by atomic mass is 10.1. The fourth-order valence-corrected chi connectivity index (χ4v) is 2.13. The maximum Gasteiger partial charge on any atom is 0.251 e. The van der Waals surface area contributed by atoms with Crippen molar-refractivity contribution in [2.75, 3.05) is 6.54 Å². The molecule has 4 nitrogen and oxygen atoms in total. The first kappa shape index (κ1) is 12.5. The Morgan fingerprint density at radius 1 is 1.22 bits per heavy atom. The summed E-state index contributed by atoms with van der Waals surface area (Å²) in [7, 11) is 0. The predicted molar refractivity (Wildman–Crippen MR) is 68.7 cm³/mol. The van der Waals surface area contributed by atoms with Gasteiger partial charge >= 0.3 is 0 Å². The number of carbonyl (C=O) groups is 1. The fraction of sp³-hybridized carbons (Fsp3) is 0.357. The van der Waals surface area contributed by atoms with Gasteiger partial charge in [-0.1, -0.05) is 11.6 Å². The van der Waals surface area contributed by atoms with Gasteiger partial charge < -0.3 is 15.5 Å². The molecule has 1 aromatic rings. The number of rotatable bonds is 4. The summed E-state index contributed by atoms with van der Waals surface area (Å²) in [5.41, 5.74) is 1.67. The lowest BCUT2D eigenvalue weighted by Gasteiger charge is -2.06. The Morgan fingerprint density at radius 3 is 2.56 bits per heavy atom. The zero-order chi connectivity index (χ0) is 13.0. The molecule has 0 spiro atoms. The molecule has 2 rings (SSSR count). The highest BCUT2D eigenvalue weighted by atomic mass is 16.3. The second-order valence-electron chi connectivity index (χ2n) is 4.50. The molecule has 1 amide bonds. The van der Waals surface area contributed by atoms with E-state index < -0.39 is 0 Å². The van der Waals surface area contributed by atoms with Crippen LogP contribution in [-0.2, 0) is 0 Å². The first-order valence-corrected chi connectivity index (χ1v) is 6.14. The third-order valence-corrected chi connectivity index (χ3v) is 3.03. The second-order valence-corrected chi connectivity index (χ2v) is 4.50. The van der Waals surface area contributed by atoms with E-state index in [0.29, 0.717) is 6.54 Å². The average Bonchev–Trinajstić information content (AvgIpc) is 2.80. The van der Waals surface area contributed by atoms with Crippen molar-refractivity contribution in [3.05, 3.63) is 35.4 Å².